The van der Waals surface area contributed by atoms with Crippen molar-refractivity contribution in [3.63, 3.8) is 0 Å². The molecule has 0 spiro atoms. The summed E-state index contributed by atoms with van der Waals surface area (Å²) in [6, 6.07) is 8.65. The summed E-state index contributed by atoms with van der Waals surface area (Å²) in [7, 11) is 0. The van der Waals surface area contributed by atoms with Crippen molar-refractivity contribution in [3.05, 3.63) is 47.7 Å². The molecule has 0 amide bonds. The first kappa shape index (κ1) is 18.7. The van der Waals surface area contributed by atoms with Crippen molar-refractivity contribution in [1.82, 2.24) is 14.6 Å². The molecule has 0 bridgehead atoms. The van der Waals surface area contributed by atoms with Gasteiger partial charge in [0, 0.05) is 18.3 Å². The van der Waals surface area contributed by atoms with Gasteiger partial charge in [0.05, 0.1) is 18.0 Å². The van der Waals surface area contributed by atoms with Gasteiger partial charge >= 0.3 is 6.18 Å². The molecule has 2 N–H and O–H groups in total. The number of hydrogen-bond acceptors (Lipinski definition) is 4. The molecular weight excluding hydrogens is 369 g/mol. The Kier molecular flexibility index (Phi) is 4.74. The normalized spacial score (nSPS) is 19.6. The summed E-state index contributed by atoms with van der Waals surface area (Å²) >= 11 is 0. The van der Waals surface area contributed by atoms with E-state index in [1.165, 1.54) is 0 Å². The second kappa shape index (κ2) is 7.09. The zero-order chi connectivity index (χ0) is 19.9. The average Bonchev–Trinajstić information content (AvgIpc) is 3.07. The number of rotatable bonds is 5. The number of aliphatic hydroxyl groups excluding tert-OH is 1. The number of nitrogens with one attached hydrogen (secondary N) is 1. The highest BCUT2D eigenvalue weighted by atomic mass is 19.4. The van der Waals surface area contributed by atoms with Crippen LogP contribution in [0.2, 0.25) is 0 Å². The number of fused-ring (bicyclic) bond motifs is 1. The molecule has 3 aromatic rings. The maximum atomic E-state index is 13.1. The zero-order valence-electron chi connectivity index (χ0n) is 15.4. The van der Waals surface area contributed by atoms with Crippen molar-refractivity contribution < 1.29 is 18.3 Å². The molecule has 8 heteroatoms. The van der Waals surface area contributed by atoms with Gasteiger partial charge in [0.15, 0.2) is 0 Å². The molecule has 2 aromatic heterocycles. The fraction of sp³-hybridized carbons (Fsp3) is 0.400. The van der Waals surface area contributed by atoms with Gasteiger partial charge in [0.2, 0.25) is 5.95 Å². The highest BCUT2D eigenvalue weighted by molar-refractivity contribution is 5.80. The summed E-state index contributed by atoms with van der Waals surface area (Å²) in [5, 5.41) is 21.1. The van der Waals surface area contributed by atoms with E-state index in [1.807, 2.05) is 18.3 Å². The van der Waals surface area contributed by atoms with Crippen LogP contribution in [0.1, 0.15) is 24.0 Å². The van der Waals surface area contributed by atoms with Crippen LogP contribution in [-0.4, -0.2) is 38.5 Å². The topological polar surface area (TPSA) is 62.5 Å². The van der Waals surface area contributed by atoms with E-state index in [1.54, 1.807) is 29.5 Å². The number of aliphatic hydroxyl groups is 1. The Bertz CT molecular complexity index is 993. The lowest BCUT2D eigenvalue weighted by atomic mass is 9.82. The average molecular weight is 390 g/mol. The Labute approximate surface area is 160 Å². The second-order valence-corrected chi connectivity index (χ2v) is 7.46. The van der Waals surface area contributed by atoms with Gasteiger partial charge in [-0.1, -0.05) is 23.8 Å². The molecule has 2 heterocycles. The van der Waals surface area contributed by atoms with Crippen LogP contribution in [0.25, 0.3) is 16.8 Å². The first-order valence-corrected chi connectivity index (χ1v) is 9.22. The molecule has 148 valence electrons. The van der Waals surface area contributed by atoms with Crippen molar-refractivity contribution in [3.8, 4) is 11.3 Å². The van der Waals surface area contributed by atoms with E-state index in [-0.39, 0.29) is 11.7 Å². The lowest BCUT2D eigenvalue weighted by molar-refractivity contribution is -0.127. The SMILES string of the molecule is Cc1ccc(-c2nnc(NCC3CC(O)C3)n3cccc23)c(CC(F)(F)F)c1. The Hall–Kier alpha value is -2.61. The zero-order valence-corrected chi connectivity index (χ0v) is 15.4. The molecule has 0 atom stereocenters. The molecule has 0 radical (unpaired) electrons. The molecule has 1 aliphatic carbocycles. The van der Waals surface area contributed by atoms with E-state index in [0.29, 0.717) is 35.2 Å². The summed E-state index contributed by atoms with van der Waals surface area (Å²) < 4.78 is 41.0. The lowest BCUT2D eigenvalue weighted by Gasteiger charge is -2.31. The largest absolute Gasteiger partial charge is 0.393 e. The fourth-order valence-corrected chi connectivity index (χ4v) is 3.69. The van der Waals surface area contributed by atoms with Gasteiger partial charge in [-0.2, -0.15) is 13.2 Å². The van der Waals surface area contributed by atoms with E-state index in [2.05, 4.69) is 15.5 Å². The smallest absolute Gasteiger partial charge is 0.393 e. The standard InChI is InChI=1S/C20H21F3N4O/c1-12-4-5-16(14(7-12)10-20(21,22)23)18-17-3-2-6-27(17)19(26-25-18)24-11-13-8-15(28)9-13/h2-7,13,15,28H,8-11H2,1H3,(H,24,26). The van der Waals surface area contributed by atoms with Crippen LogP contribution in [0.15, 0.2) is 36.5 Å². The summed E-state index contributed by atoms with van der Waals surface area (Å²) in [6.45, 7) is 2.44. The van der Waals surface area contributed by atoms with Gasteiger partial charge in [-0.3, -0.25) is 4.40 Å². The second-order valence-electron chi connectivity index (χ2n) is 7.46. The van der Waals surface area contributed by atoms with Gasteiger partial charge in [-0.15, -0.1) is 10.2 Å². The Balaban J connectivity index is 1.69. The molecule has 4 rings (SSSR count). The first-order chi connectivity index (χ1) is 13.3. The third-order valence-electron chi connectivity index (χ3n) is 5.13. The van der Waals surface area contributed by atoms with Crippen LogP contribution < -0.4 is 5.32 Å². The lowest BCUT2D eigenvalue weighted by Crippen LogP contribution is -2.33. The van der Waals surface area contributed by atoms with E-state index >= 15 is 0 Å². The van der Waals surface area contributed by atoms with Gasteiger partial charge in [0.1, 0.15) is 5.69 Å². The fourth-order valence-electron chi connectivity index (χ4n) is 3.69. The molecular formula is C20H21F3N4O. The number of aryl methyl sites for hydroxylation is 1. The molecule has 1 saturated carbocycles. The van der Waals surface area contributed by atoms with Gasteiger partial charge in [-0.25, -0.2) is 0 Å². The Morgan fingerprint density at radius 1 is 1.21 bits per heavy atom. The highest BCUT2D eigenvalue weighted by Crippen LogP contribution is 2.32. The number of anilines is 1. The van der Waals surface area contributed by atoms with Crippen LogP contribution in [0, 0.1) is 12.8 Å². The molecule has 0 saturated heterocycles. The predicted molar refractivity (Wildman–Crippen MR) is 100 cm³/mol. The Morgan fingerprint density at radius 3 is 2.71 bits per heavy atom. The third-order valence-corrected chi connectivity index (χ3v) is 5.13. The monoisotopic (exact) mass is 390 g/mol. The van der Waals surface area contributed by atoms with Gasteiger partial charge in [-0.05, 0) is 43.4 Å². The van der Waals surface area contributed by atoms with Crippen LogP contribution in [-0.2, 0) is 6.42 Å². The van der Waals surface area contributed by atoms with Gasteiger partial charge in [0.25, 0.3) is 0 Å². The van der Waals surface area contributed by atoms with Crippen molar-refractivity contribution in [2.75, 3.05) is 11.9 Å². The molecule has 0 unspecified atom stereocenters. The summed E-state index contributed by atoms with van der Waals surface area (Å²) in [5.74, 6) is 0.923. The highest BCUT2D eigenvalue weighted by Gasteiger charge is 2.30. The molecule has 1 fully saturated rings. The molecule has 1 aromatic carbocycles. The summed E-state index contributed by atoms with van der Waals surface area (Å²) in [5.41, 5.74) is 2.51. The predicted octanol–water partition coefficient (Wildman–Crippen LogP) is 3.99. The minimum atomic E-state index is -4.30. The van der Waals surface area contributed by atoms with Crippen molar-refractivity contribution in [2.45, 2.75) is 38.5 Å². The minimum absolute atomic E-state index is 0.189. The molecule has 1 aliphatic rings. The van der Waals surface area contributed by atoms with Crippen LogP contribution in [0.5, 0.6) is 0 Å². The first-order valence-electron chi connectivity index (χ1n) is 9.22. The number of halogens is 3. The molecule has 0 aliphatic heterocycles. The van der Waals surface area contributed by atoms with Crippen LogP contribution in [0.3, 0.4) is 0 Å². The number of benzene rings is 1. The third kappa shape index (κ3) is 3.82. The molecule has 5 nitrogen and oxygen atoms in total. The van der Waals surface area contributed by atoms with E-state index < -0.39 is 12.6 Å². The van der Waals surface area contributed by atoms with E-state index in [4.69, 9.17) is 0 Å². The number of alkyl halides is 3. The van der Waals surface area contributed by atoms with Crippen LogP contribution in [0.4, 0.5) is 19.1 Å². The van der Waals surface area contributed by atoms with E-state index in [9.17, 15) is 18.3 Å². The number of hydrogen-bond donors (Lipinski definition) is 2. The molecule has 28 heavy (non-hydrogen) atoms. The summed E-state index contributed by atoms with van der Waals surface area (Å²) in [4.78, 5) is 0. The summed E-state index contributed by atoms with van der Waals surface area (Å²) in [6.07, 6.45) is -2.20. The van der Waals surface area contributed by atoms with E-state index in [0.717, 1.165) is 18.4 Å². The van der Waals surface area contributed by atoms with Crippen molar-refractivity contribution in [1.29, 1.82) is 0 Å². The number of aromatic nitrogens is 3. The van der Waals surface area contributed by atoms with Crippen molar-refractivity contribution in [2.24, 2.45) is 5.92 Å². The number of nitrogens with zero attached hydrogens (tertiary/aromatic N) is 3. The van der Waals surface area contributed by atoms with Gasteiger partial charge < -0.3 is 10.4 Å². The maximum Gasteiger partial charge on any atom is 0.393 e. The quantitative estimate of drug-likeness (QED) is 0.692. The maximum absolute atomic E-state index is 13.1. The Morgan fingerprint density at radius 2 is 2.00 bits per heavy atom. The van der Waals surface area contributed by atoms with Crippen molar-refractivity contribution >= 4 is 11.5 Å². The van der Waals surface area contributed by atoms with Crippen LogP contribution >= 0.6 is 0 Å². The minimum Gasteiger partial charge on any atom is -0.393 e.